The van der Waals surface area contributed by atoms with Crippen molar-refractivity contribution in [2.45, 2.75) is 6.42 Å². The number of carbonyl (C=O) groups excluding carboxylic acids is 2. The molecule has 1 rings (SSSR count). The largest absolute Gasteiger partial charge is 0.347 e. The van der Waals surface area contributed by atoms with Crippen LogP contribution < -0.4 is 16.0 Å². The lowest BCUT2D eigenvalue weighted by molar-refractivity contribution is -0.124. The second kappa shape index (κ2) is 7.39. The van der Waals surface area contributed by atoms with Gasteiger partial charge in [-0.1, -0.05) is 0 Å². The van der Waals surface area contributed by atoms with Crippen LogP contribution in [0, 0.1) is 5.82 Å². The molecule has 0 fully saturated rings. The molecular weight excluding hydrogens is 237 g/mol. The number of halogens is 1. The van der Waals surface area contributed by atoms with Crippen LogP contribution in [0.5, 0.6) is 0 Å². The van der Waals surface area contributed by atoms with Crippen LogP contribution >= 0.6 is 0 Å². The van der Waals surface area contributed by atoms with Gasteiger partial charge in [0.25, 0.3) is 0 Å². The van der Waals surface area contributed by atoms with E-state index in [4.69, 9.17) is 0 Å². The summed E-state index contributed by atoms with van der Waals surface area (Å²) in [6.45, 7) is 0.464. The number of rotatable bonds is 6. The van der Waals surface area contributed by atoms with E-state index < -0.39 is 0 Å². The van der Waals surface area contributed by atoms with Crippen LogP contribution in [-0.4, -0.2) is 32.0 Å². The maximum absolute atomic E-state index is 12.6. The molecule has 0 atom stereocenters. The minimum atomic E-state index is -0.367. The van der Waals surface area contributed by atoms with Crippen LogP contribution in [0.1, 0.15) is 6.42 Å². The van der Waals surface area contributed by atoms with Gasteiger partial charge in [0.15, 0.2) is 0 Å². The molecule has 0 aliphatic carbocycles. The molecular formula is C12H16FN3O2. The summed E-state index contributed by atoms with van der Waals surface area (Å²) in [5.74, 6) is -0.911. The first-order chi connectivity index (χ1) is 8.61. The molecule has 18 heavy (non-hydrogen) atoms. The number of amides is 2. The lowest BCUT2D eigenvalue weighted by Gasteiger charge is -2.06. The number of hydrogen-bond donors (Lipinski definition) is 3. The molecule has 98 valence electrons. The normalized spacial score (nSPS) is 9.89. The summed E-state index contributed by atoms with van der Waals surface area (Å²) in [6, 6.07) is 5.41. The van der Waals surface area contributed by atoms with Gasteiger partial charge in [0.1, 0.15) is 5.82 Å². The fourth-order valence-electron chi connectivity index (χ4n) is 1.24. The van der Waals surface area contributed by atoms with Crippen molar-refractivity contribution in [3.8, 4) is 0 Å². The predicted molar refractivity (Wildman–Crippen MR) is 66.6 cm³/mol. The Kier molecular flexibility index (Phi) is 5.79. The average Bonchev–Trinajstić information content (AvgIpc) is 2.36. The van der Waals surface area contributed by atoms with Gasteiger partial charge in [0.2, 0.25) is 11.8 Å². The molecule has 0 saturated heterocycles. The number of benzene rings is 1. The van der Waals surface area contributed by atoms with Crippen molar-refractivity contribution in [2.75, 3.05) is 25.5 Å². The highest BCUT2D eigenvalue weighted by Gasteiger charge is 2.05. The third kappa shape index (κ3) is 5.40. The summed E-state index contributed by atoms with van der Waals surface area (Å²) >= 11 is 0. The Hall–Kier alpha value is -1.95. The molecule has 1 aromatic carbocycles. The number of nitrogens with one attached hydrogen (secondary N) is 3. The molecule has 0 aliphatic heterocycles. The second-order valence-electron chi connectivity index (χ2n) is 3.69. The van der Waals surface area contributed by atoms with Gasteiger partial charge in [-0.25, -0.2) is 4.39 Å². The minimum absolute atomic E-state index is 0.0973. The Balaban J connectivity index is 2.29. The molecule has 0 saturated carbocycles. The Morgan fingerprint density at radius 3 is 2.44 bits per heavy atom. The summed E-state index contributed by atoms with van der Waals surface area (Å²) in [6.07, 6.45) is 0.320. The molecule has 0 aromatic heterocycles. The van der Waals surface area contributed by atoms with Crippen LogP contribution in [0.4, 0.5) is 10.1 Å². The van der Waals surface area contributed by atoms with E-state index in [9.17, 15) is 14.0 Å². The quantitative estimate of drug-likeness (QED) is 0.691. The maximum Gasteiger partial charge on any atom is 0.243 e. The van der Waals surface area contributed by atoms with Crippen molar-refractivity contribution in [1.82, 2.24) is 10.6 Å². The van der Waals surface area contributed by atoms with Crippen LogP contribution in [0.3, 0.4) is 0 Å². The molecule has 0 radical (unpaired) electrons. The summed E-state index contributed by atoms with van der Waals surface area (Å²) in [5, 5.41) is 7.86. The topological polar surface area (TPSA) is 70.2 Å². The van der Waals surface area contributed by atoms with Crippen LogP contribution in [0.15, 0.2) is 24.3 Å². The molecule has 1 aromatic rings. The second-order valence-corrected chi connectivity index (χ2v) is 3.69. The van der Waals surface area contributed by atoms with E-state index in [1.807, 2.05) is 0 Å². The molecule has 6 heteroatoms. The molecule has 0 spiro atoms. The van der Waals surface area contributed by atoms with Gasteiger partial charge in [-0.15, -0.1) is 0 Å². The molecule has 5 nitrogen and oxygen atoms in total. The van der Waals surface area contributed by atoms with Gasteiger partial charge < -0.3 is 16.0 Å². The molecule has 3 N–H and O–H groups in total. The SMILES string of the molecule is CNCCC(=O)NCC(=O)Nc1ccc(F)cc1. The van der Waals surface area contributed by atoms with Crippen molar-refractivity contribution in [3.63, 3.8) is 0 Å². The van der Waals surface area contributed by atoms with Crippen molar-refractivity contribution < 1.29 is 14.0 Å². The molecule has 2 amide bonds. The van der Waals surface area contributed by atoms with Gasteiger partial charge in [-0.2, -0.15) is 0 Å². The first-order valence-electron chi connectivity index (χ1n) is 5.58. The third-order valence-electron chi connectivity index (χ3n) is 2.18. The first kappa shape index (κ1) is 14.1. The standard InChI is InChI=1S/C12H16FN3O2/c1-14-7-6-11(17)15-8-12(18)16-10-4-2-9(13)3-5-10/h2-5,14H,6-8H2,1H3,(H,15,17)(H,16,18). The van der Waals surface area contributed by atoms with Crippen LogP contribution in [-0.2, 0) is 9.59 Å². The maximum atomic E-state index is 12.6. The molecule has 0 aliphatic rings. The Labute approximate surface area is 105 Å². The van der Waals surface area contributed by atoms with Crippen molar-refractivity contribution in [1.29, 1.82) is 0 Å². The zero-order valence-corrected chi connectivity index (χ0v) is 10.1. The summed E-state index contributed by atoms with van der Waals surface area (Å²) in [4.78, 5) is 22.7. The summed E-state index contributed by atoms with van der Waals surface area (Å²) in [5.41, 5.74) is 0.492. The van der Waals surface area contributed by atoms with Gasteiger partial charge >= 0.3 is 0 Å². The van der Waals surface area contributed by atoms with E-state index in [0.717, 1.165) is 0 Å². The molecule has 0 unspecified atom stereocenters. The van der Waals surface area contributed by atoms with Crippen molar-refractivity contribution in [3.05, 3.63) is 30.1 Å². The number of carbonyl (C=O) groups is 2. The summed E-state index contributed by atoms with van der Waals surface area (Å²) < 4.78 is 12.6. The van der Waals surface area contributed by atoms with E-state index in [0.29, 0.717) is 18.7 Å². The Morgan fingerprint density at radius 2 is 1.83 bits per heavy atom. The Morgan fingerprint density at radius 1 is 1.17 bits per heavy atom. The fourth-order valence-corrected chi connectivity index (χ4v) is 1.24. The fraction of sp³-hybridized carbons (Fsp3) is 0.333. The highest BCUT2D eigenvalue weighted by atomic mass is 19.1. The number of anilines is 1. The zero-order chi connectivity index (χ0) is 13.4. The van der Waals surface area contributed by atoms with E-state index in [1.165, 1.54) is 24.3 Å². The predicted octanol–water partition coefficient (Wildman–Crippen LogP) is 0.490. The van der Waals surface area contributed by atoms with Crippen molar-refractivity contribution >= 4 is 17.5 Å². The monoisotopic (exact) mass is 253 g/mol. The lowest BCUT2D eigenvalue weighted by Crippen LogP contribution is -2.34. The van der Waals surface area contributed by atoms with Gasteiger partial charge in [-0.05, 0) is 31.3 Å². The Bertz CT molecular complexity index is 406. The molecule has 0 heterocycles. The lowest BCUT2D eigenvalue weighted by atomic mass is 10.3. The first-order valence-corrected chi connectivity index (χ1v) is 5.58. The highest BCUT2D eigenvalue weighted by Crippen LogP contribution is 2.07. The van der Waals surface area contributed by atoms with E-state index in [2.05, 4.69) is 16.0 Å². The van der Waals surface area contributed by atoms with Gasteiger partial charge in [-0.3, -0.25) is 9.59 Å². The van der Waals surface area contributed by atoms with E-state index in [1.54, 1.807) is 7.05 Å². The summed E-state index contributed by atoms with van der Waals surface area (Å²) in [7, 11) is 1.74. The van der Waals surface area contributed by atoms with Crippen LogP contribution in [0.2, 0.25) is 0 Å². The minimum Gasteiger partial charge on any atom is -0.347 e. The number of hydrogen-bond acceptors (Lipinski definition) is 3. The highest BCUT2D eigenvalue weighted by molar-refractivity contribution is 5.94. The van der Waals surface area contributed by atoms with Gasteiger partial charge in [0, 0.05) is 18.7 Å². The average molecular weight is 253 g/mol. The smallest absolute Gasteiger partial charge is 0.243 e. The third-order valence-corrected chi connectivity index (χ3v) is 2.18. The van der Waals surface area contributed by atoms with Gasteiger partial charge in [0.05, 0.1) is 6.54 Å². The molecule has 0 bridgehead atoms. The van der Waals surface area contributed by atoms with Crippen LogP contribution in [0.25, 0.3) is 0 Å². The van der Waals surface area contributed by atoms with Crippen molar-refractivity contribution in [2.24, 2.45) is 0 Å². The van der Waals surface area contributed by atoms with E-state index >= 15 is 0 Å². The zero-order valence-electron chi connectivity index (χ0n) is 10.1. The van der Waals surface area contributed by atoms with E-state index in [-0.39, 0.29) is 24.2 Å².